The molecule has 0 amide bonds. The zero-order valence-corrected chi connectivity index (χ0v) is 22.3. The van der Waals surface area contributed by atoms with E-state index >= 15 is 0 Å². The highest BCUT2D eigenvalue weighted by Gasteiger charge is 2.41. The fraction of sp³-hybridized carbons (Fsp3) is 0.308. The summed E-state index contributed by atoms with van der Waals surface area (Å²) in [5, 5.41) is 12.8. The molecule has 0 aliphatic carbocycles. The van der Waals surface area contributed by atoms with Gasteiger partial charge in [-0.05, 0) is 49.2 Å². The second-order valence-electron chi connectivity index (χ2n) is 9.05. The van der Waals surface area contributed by atoms with Crippen molar-refractivity contribution >= 4 is 28.7 Å². The number of ether oxygens (including phenoxy) is 1. The van der Waals surface area contributed by atoms with Gasteiger partial charge in [0, 0.05) is 23.2 Å². The van der Waals surface area contributed by atoms with E-state index in [4.69, 9.17) is 4.74 Å². The van der Waals surface area contributed by atoms with Crippen LogP contribution in [0.15, 0.2) is 64.6 Å². The van der Waals surface area contributed by atoms with E-state index in [-0.39, 0.29) is 35.9 Å². The van der Waals surface area contributed by atoms with Crippen molar-refractivity contribution in [1.82, 2.24) is 14.3 Å². The number of anilines is 2. The summed E-state index contributed by atoms with van der Waals surface area (Å²) in [6, 6.07) is 11.3. The lowest BCUT2D eigenvalue weighted by Gasteiger charge is -2.35. The Morgan fingerprint density at radius 3 is 2.50 bits per heavy atom. The van der Waals surface area contributed by atoms with Crippen LogP contribution in [0.4, 0.5) is 24.8 Å². The van der Waals surface area contributed by atoms with Crippen LogP contribution in [0.25, 0.3) is 0 Å². The van der Waals surface area contributed by atoms with Crippen LogP contribution < -0.4 is 10.6 Å². The van der Waals surface area contributed by atoms with Crippen molar-refractivity contribution in [3.63, 3.8) is 0 Å². The van der Waals surface area contributed by atoms with Crippen molar-refractivity contribution in [3.05, 3.63) is 87.0 Å². The average Bonchev–Trinajstić information content (AvgIpc) is 3.25. The van der Waals surface area contributed by atoms with E-state index in [0.29, 0.717) is 11.1 Å². The van der Waals surface area contributed by atoms with E-state index in [0.717, 1.165) is 28.5 Å². The van der Waals surface area contributed by atoms with E-state index < -0.39 is 45.8 Å². The maximum absolute atomic E-state index is 13.7. The molecule has 0 fully saturated rings. The van der Waals surface area contributed by atoms with Gasteiger partial charge in [0.25, 0.3) is 0 Å². The Kier molecular flexibility index (Phi) is 7.99. The van der Waals surface area contributed by atoms with Crippen LogP contribution in [0.5, 0.6) is 0 Å². The summed E-state index contributed by atoms with van der Waals surface area (Å²) >= 11 is -2.40. The molecule has 40 heavy (non-hydrogen) atoms. The highest BCUT2D eigenvalue weighted by atomic mass is 32.2. The van der Waals surface area contributed by atoms with Gasteiger partial charge >= 0.3 is 17.8 Å². The second-order valence-corrected chi connectivity index (χ2v) is 10.4. The second kappa shape index (κ2) is 11.1. The molecule has 4 rings (SSSR count). The number of aryl methyl sites for hydroxylation is 1. The number of benzene rings is 2. The van der Waals surface area contributed by atoms with Crippen molar-refractivity contribution in [2.75, 3.05) is 12.0 Å². The maximum atomic E-state index is 13.7. The molecule has 14 heteroatoms. The summed E-state index contributed by atoms with van der Waals surface area (Å²) in [6.07, 6.45) is -4.63. The minimum absolute atomic E-state index is 0.0144. The van der Waals surface area contributed by atoms with Crippen molar-refractivity contribution in [2.45, 2.75) is 44.3 Å². The largest absolute Gasteiger partial charge is 0.772 e. The Morgan fingerprint density at radius 2 is 1.93 bits per heavy atom. The highest BCUT2D eigenvalue weighted by molar-refractivity contribution is 7.79. The standard InChI is InChI=1S/C26H24F3N5O5S/c1-15(40(37)38)11-12-32-25(36)34-22(18-9-7-17(14-30)8-10-18)21(23(35)39-3)16(2)33(24(34)31-32)20-6-4-5-19(13-20)26(27,28)29/h4-10,13,15,22H,11-12H2,1-3H3,(H,37,38)/p-1. The molecule has 3 unspecified atom stereocenters. The summed E-state index contributed by atoms with van der Waals surface area (Å²) in [5.74, 6) is -0.913. The number of alkyl halides is 3. The summed E-state index contributed by atoms with van der Waals surface area (Å²) in [7, 11) is 1.14. The Morgan fingerprint density at radius 1 is 1.25 bits per heavy atom. The first-order chi connectivity index (χ1) is 18.9. The number of hydrogen-bond donors (Lipinski definition) is 0. The van der Waals surface area contributed by atoms with Gasteiger partial charge in [-0.15, -0.1) is 5.10 Å². The number of carbonyl (C=O) groups is 1. The maximum Gasteiger partial charge on any atom is 0.416 e. The van der Waals surface area contributed by atoms with Crippen molar-refractivity contribution in [3.8, 4) is 6.07 Å². The third kappa shape index (κ3) is 5.30. The van der Waals surface area contributed by atoms with Gasteiger partial charge in [-0.1, -0.05) is 36.2 Å². The van der Waals surface area contributed by atoms with E-state index in [1.54, 1.807) is 12.1 Å². The molecular formula is C26H23F3N5O5S-. The molecular weight excluding hydrogens is 551 g/mol. The Balaban J connectivity index is 2.00. The van der Waals surface area contributed by atoms with Gasteiger partial charge in [0.2, 0.25) is 5.95 Å². The SMILES string of the molecule is COC(=O)C1=C(C)N(c2cccc(C(F)(F)F)c2)c2nn(CCC(C)S(=O)[O-])c(=O)n2C1c1ccc(C#N)cc1. The van der Waals surface area contributed by atoms with Gasteiger partial charge < -0.3 is 9.29 Å². The zero-order chi connectivity index (χ0) is 29.4. The molecule has 10 nitrogen and oxygen atoms in total. The molecule has 0 bridgehead atoms. The molecule has 0 saturated heterocycles. The Bertz CT molecular complexity index is 1600. The topological polar surface area (TPSA) is 133 Å². The van der Waals surface area contributed by atoms with E-state index in [1.165, 1.54) is 43.0 Å². The summed E-state index contributed by atoms with van der Waals surface area (Å²) in [6.45, 7) is 2.84. The zero-order valence-electron chi connectivity index (χ0n) is 21.5. The van der Waals surface area contributed by atoms with Crippen molar-refractivity contribution in [2.24, 2.45) is 0 Å². The predicted molar refractivity (Wildman–Crippen MR) is 137 cm³/mol. The number of fused-ring (bicyclic) bond motifs is 1. The van der Waals surface area contributed by atoms with Crippen LogP contribution in [-0.4, -0.2) is 41.4 Å². The van der Waals surface area contributed by atoms with Crippen LogP contribution in [0.2, 0.25) is 0 Å². The molecule has 0 spiro atoms. The Labute approximate surface area is 229 Å². The number of esters is 1. The van der Waals surface area contributed by atoms with Crippen LogP contribution in [0.3, 0.4) is 0 Å². The molecule has 2 heterocycles. The number of allylic oxidation sites excluding steroid dienone is 1. The summed E-state index contributed by atoms with van der Waals surface area (Å²) < 4.78 is 70.6. The van der Waals surface area contributed by atoms with Gasteiger partial charge in [0.05, 0.1) is 29.9 Å². The molecule has 0 saturated carbocycles. The summed E-state index contributed by atoms with van der Waals surface area (Å²) in [4.78, 5) is 28.2. The first-order valence-corrected chi connectivity index (χ1v) is 13.1. The highest BCUT2D eigenvalue weighted by Crippen LogP contribution is 2.43. The fourth-order valence-electron chi connectivity index (χ4n) is 4.49. The molecule has 0 N–H and O–H groups in total. The van der Waals surface area contributed by atoms with Gasteiger partial charge in [0.15, 0.2) is 0 Å². The fourth-order valence-corrected chi connectivity index (χ4v) is 4.78. The minimum Gasteiger partial charge on any atom is -0.772 e. The van der Waals surface area contributed by atoms with E-state index in [2.05, 4.69) is 5.10 Å². The molecule has 0 radical (unpaired) electrons. The Hall–Kier alpha value is -4.22. The molecule has 1 aliphatic rings. The van der Waals surface area contributed by atoms with Crippen LogP contribution in [0, 0.1) is 11.3 Å². The van der Waals surface area contributed by atoms with Gasteiger partial charge in [-0.3, -0.25) is 9.11 Å². The van der Waals surface area contributed by atoms with Crippen LogP contribution in [0.1, 0.15) is 43.0 Å². The third-order valence-electron chi connectivity index (χ3n) is 6.58. The minimum atomic E-state index is -4.66. The lowest BCUT2D eigenvalue weighted by atomic mass is 9.93. The number of carbonyl (C=O) groups excluding carboxylic acids is 1. The molecule has 210 valence electrons. The number of rotatable bonds is 7. The predicted octanol–water partition coefficient (Wildman–Crippen LogP) is 3.78. The number of hydrogen-bond acceptors (Lipinski definition) is 8. The smallest absolute Gasteiger partial charge is 0.416 e. The van der Waals surface area contributed by atoms with Crippen LogP contribution >= 0.6 is 0 Å². The van der Waals surface area contributed by atoms with Gasteiger partial charge in [0.1, 0.15) is 6.04 Å². The number of nitriles is 1. The molecule has 3 atom stereocenters. The average molecular weight is 575 g/mol. The van der Waals surface area contributed by atoms with Gasteiger partial charge in [-0.2, -0.15) is 18.4 Å². The third-order valence-corrected chi connectivity index (χ3v) is 7.47. The summed E-state index contributed by atoms with van der Waals surface area (Å²) in [5.41, 5.74) is -0.815. The lowest BCUT2D eigenvalue weighted by molar-refractivity contribution is -0.138. The number of methoxy groups -OCH3 is 1. The van der Waals surface area contributed by atoms with Crippen LogP contribution in [-0.2, 0) is 33.3 Å². The van der Waals surface area contributed by atoms with Crippen molar-refractivity contribution < 1.29 is 31.5 Å². The number of aromatic nitrogens is 3. The van der Waals surface area contributed by atoms with Gasteiger partial charge in [-0.25, -0.2) is 18.8 Å². The first kappa shape index (κ1) is 28.8. The van der Waals surface area contributed by atoms with E-state index in [9.17, 15) is 36.8 Å². The van der Waals surface area contributed by atoms with E-state index in [1.807, 2.05) is 6.07 Å². The number of nitrogens with zero attached hydrogens (tertiary/aromatic N) is 5. The normalized spacial score (nSPS) is 16.8. The first-order valence-electron chi connectivity index (χ1n) is 11.9. The number of halogens is 3. The molecule has 3 aromatic rings. The lowest BCUT2D eigenvalue weighted by Crippen LogP contribution is -2.38. The molecule has 1 aliphatic heterocycles. The molecule has 2 aromatic carbocycles. The quantitative estimate of drug-likeness (QED) is 0.308. The molecule has 1 aromatic heterocycles. The van der Waals surface area contributed by atoms with Crippen molar-refractivity contribution in [1.29, 1.82) is 5.26 Å². The monoisotopic (exact) mass is 574 g/mol.